The van der Waals surface area contributed by atoms with Crippen molar-refractivity contribution in [1.29, 1.82) is 0 Å². The van der Waals surface area contributed by atoms with Gasteiger partial charge in [0.15, 0.2) is 0 Å². The van der Waals surface area contributed by atoms with Gasteiger partial charge < -0.3 is 25.4 Å². The molecule has 0 spiro atoms. The number of hydrogen-bond donors (Lipinski definition) is 3. The van der Waals surface area contributed by atoms with Gasteiger partial charge in [0, 0.05) is 25.7 Å². The number of amides is 2. The van der Waals surface area contributed by atoms with E-state index in [1.165, 1.54) is 24.3 Å². The summed E-state index contributed by atoms with van der Waals surface area (Å²) in [4.78, 5) is 24.5. The number of hydrogen-bond acceptors (Lipinski definition) is 5. The standard InChI is InChI=1S/C34H43F2N3O4/c1-33(2,3)42-31(40)38-17-7-8-30(39-32(41)43-34(4,5)6)22-37-21-23-18-26(24-9-13-28(35)14-10-24)20-27(19-23)25-11-15-29(36)16-12-25/h9-16,18-20,30,37H,7-8,17,21-22H2,1-6H3,(H,38,40)(H,39,41)/t30-/m0/s1. The summed E-state index contributed by atoms with van der Waals surface area (Å²) >= 11 is 0. The number of carbonyl (C=O) groups excluding carboxylic acids is 2. The zero-order valence-corrected chi connectivity index (χ0v) is 25.9. The van der Waals surface area contributed by atoms with E-state index in [0.717, 1.165) is 27.8 Å². The maximum Gasteiger partial charge on any atom is 0.407 e. The van der Waals surface area contributed by atoms with Crippen LogP contribution in [0.3, 0.4) is 0 Å². The molecule has 0 saturated heterocycles. The van der Waals surface area contributed by atoms with Gasteiger partial charge in [-0.1, -0.05) is 24.3 Å². The van der Waals surface area contributed by atoms with Crippen molar-refractivity contribution in [3.63, 3.8) is 0 Å². The molecule has 43 heavy (non-hydrogen) atoms. The van der Waals surface area contributed by atoms with Crippen LogP contribution >= 0.6 is 0 Å². The van der Waals surface area contributed by atoms with Gasteiger partial charge in [-0.05, 0) is 125 Å². The smallest absolute Gasteiger partial charge is 0.407 e. The summed E-state index contributed by atoms with van der Waals surface area (Å²) in [5.74, 6) is -0.629. The number of alkyl carbamates (subject to hydrolysis) is 2. The van der Waals surface area contributed by atoms with Crippen LogP contribution in [0.15, 0.2) is 66.7 Å². The lowest BCUT2D eigenvalue weighted by atomic mass is 9.96. The van der Waals surface area contributed by atoms with Crippen molar-refractivity contribution in [1.82, 2.24) is 16.0 Å². The van der Waals surface area contributed by atoms with E-state index in [0.29, 0.717) is 32.5 Å². The normalized spacial score (nSPS) is 12.4. The van der Waals surface area contributed by atoms with E-state index in [4.69, 9.17) is 9.47 Å². The zero-order valence-electron chi connectivity index (χ0n) is 25.9. The first-order valence-electron chi connectivity index (χ1n) is 14.5. The number of ether oxygens (including phenoxy) is 2. The van der Waals surface area contributed by atoms with E-state index in [9.17, 15) is 18.4 Å². The Labute approximate surface area is 253 Å². The predicted octanol–water partition coefficient (Wildman–Crippen LogP) is 7.59. The molecule has 0 saturated carbocycles. The van der Waals surface area contributed by atoms with Gasteiger partial charge in [-0.25, -0.2) is 18.4 Å². The Morgan fingerprint density at radius 3 is 1.70 bits per heavy atom. The van der Waals surface area contributed by atoms with Gasteiger partial charge in [-0.2, -0.15) is 0 Å². The summed E-state index contributed by atoms with van der Waals surface area (Å²) in [5.41, 5.74) is 3.24. The van der Waals surface area contributed by atoms with Crippen molar-refractivity contribution in [3.8, 4) is 22.3 Å². The Morgan fingerprint density at radius 2 is 1.21 bits per heavy atom. The summed E-state index contributed by atoms with van der Waals surface area (Å²) < 4.78 is 37.9. The third-order valence-electron chi connectivity index (χ3n) is 6.19. The molecule has 9 heteroatoms. The third kappa shape index (κ3) is 12.4. The Bertz CT molecular complexity index is 1280. The van der Waals surface area contributed by atoms with Crippen molar-refractivity contribution in [2.75, 3.05) is 13.1 Å². The molecule has 3 aromatic carbocycles. The molecule has 0 unspecified atom stereocenters. The maximum atomic E-state index is 13.6. The van der Waals surface area contributed by atoms with Gasteiger partial charge in [-0.15, -0.1) is 0 Å². The molecular weight excluding hydrogens is 552 g/mol. The van der Waals surface area contributed by atoms with E-state index in [1.807, 2.05) is 18.2 Å². The molecule has 3 N–H and O–H groups in total. The molecule has 0 heterocycles. The number of carbonyl (C=O) groups is 2. The number of nitrogens with one attached hydrogen (secondary N) is 3. The lowest BCUT2D eigenvalue weighted by Gasteiger charge is -2.24. The van der Waals surface area contributed by atoms with Crippen LogP contribution in [0.1, 0.15) is 59.9 Å². The predicted molar refractivity (Wildman–Crippen MR) is 166 cm³/mol. The van der Waals surface area contributed by atoms with Gasteiger partial charge in [-0.3, -0.25) is 0 Å². The van der Waals surface area contributed by atoms with Crippen LogP contribution in [0.2, 0.25) is 0 Å². The molecular formula is C34H43F2N3O4. The molecule has 2 amide bonds. The van der Waals surface area contributed by atoms with Crippen LogP contribution in [-0.2, 0) is 16.0 Å². The highest BCUT2D eigenvalue weighted by molar-refractivity contribution is 5.74. The van der Waals surface area contributed by atoms with E-state index < -0.39 is 23.4 Å². The lowest BCUT2D eigenvalue weighted by Crippen LogP contribution is -2.44. The number of benzene rings is 3. The third-order valence-corrected chi connectivity index (χ3v) is 6.19. The van der Waals surface area contributed by atoms with Gasteiger partial charge in [0.05, 0.1) is 0 Å². The summed E-state index contributed by atoms with van der Waals surface area (Å²) in [5, 5.41) is 9.10. The lowest BCUT2D eigenvalue weighted by molar-refractivity contribution is 0.0488. The molecule has 0 radical (unpaired) electrons. The van der Waals surface area contributed by atoms with E-state index in [-0.39, 0.29) is 17.7 Å². The quantitative estimate of drug-likeness (QED) is 0.199. The first-order chi connectivity index (χ1) is 20.2. The highest BCUT2D eigenvalue weighted by atomic mass is 19.1. The summed E-state index contributed by atoms with van der Waals surface area (Å²) in [6.07, 6.45) is 0.186. The Morgan fingerprint density at radius 1 is 0.721 bits per heavy atom. The zero-order chi connectivity index (χ0) is 31.6. The van der Waals surface area contributed by atoms with Crippen molar-refractivity contribution in [2.24, 2.45) is 0 Å². The van der Waals surface area contributed by atoms with E-state index in [1.54, 1.807) is 65.8 Å². The number of halogens is 2. The molecule has 0 fully saturated rings. The average molecular weight is 596 g/mol. The topological polar surface area (TPSA) is 88.7 Å². The van der Waals surface area contributed by atoms with Crippen molar-refractivity contribution in [2.45, 2.75) is 78.2 Å². The van der Waals surface area contributed by atoms with Gasteiger partial charge >= 0.3 is 12.2 Å². The van der Waals surface area contributed by atoms with Crippen LogP contribution in [0.4, 0.5) is 18.4 Å². The second-order valence-electron chi connectivity index (χ2n) is 12.5. The first-order valence-corrected chi connectivity index (χ1v) is 14.5. The number of rotatable bonds is 11. The van der Waals surface area contributed by atoms with Gasteiger partial charge in [0.2, 0.25) is 0 Å². The van der Waals surface area contributed by atoms with Crippen molar-refractivity contribution >= 4 is 12.2 Å². The molecule has 0 aliphatic heterocycles. The molecule has 1 atom stereocenters. The maximum absolute atomic E-state index is 13.6. The van der Waals surface area contributed by atoms with Crippen LogP contribution in [0.5, 0.6) is 0 Å². The Balaban J connectivity index is 1.71. The van der Waals surface area contributed by atoms with Gasteiger partial charge in [0.25, 0.3) is 0 Å². The molecule has 3 aromatic rings. The summed E-state index contributed by atoms with van der Waals surface area (Å²) in [7, 11) is 0. The molecule has 0 bridgehead atoms. The largest absolute Gasteiger partial charge is 0.444 e. The minimum absolute atomic E-state index is 0.271. The van der Waals surface area contributed by atoms with E-state index in [2.05, 4.69) is 16.0 Å². The second kappa shape index (κ2) is 15.0. The fourth-order valence-electron chi connectivity index (χ4n) is 4.36. The minimum atomic E-state index is -0.641. The van der Waals surface area contributed by atoms with Crippen LogP contribution in [0.25, 0.3) is 22.3 Å². The monoisotopic (exact) mass is 595 g/mol. The molecule has 0 aliphatic carbocycles. The minimum Gasteiger partial charge on any atom is -0.444 e. The van der Waals surface area contributed by atoms with E-state index >= 15 is 0 Å². The SMILES string of the molecule is CC(C)(C)OC(=O)NCCC[C@@H](CNCc1cc(-c2ccc(F)cc2)cc(-c2ccc(F)cc2)c1)NC(=O)OC(C)(C)C. The van der Waals surface area contributed by atoms with Crippen LogP contribution in [-0.4, -0.2) is 42.5 Å². The molecule has 232 valence electrons. The second-order valence-corrected chi connectivity index (χ2v) is 12.5. The highest BCUT2D eigenvalue weighted by Crippen LogP contribution is 2.29. The average Bonchev–Trinajstić information content (AvgIpc) is 2.89. The molecule has 0 aromatic heterocycles. The fraction of sp³-hybridized carbons (Fsp3) is 0.412. The molecule has 3 rings (SSSR count). The summed E-state index contributed by atoms with van der Waals surface area (Å²) in [6.45, 7) is 12.1. The summed E-state index contributed by atoms with van der Waals surface area (Å²) in [6, 6.07) is 18.3. The Hall–Kier alpha value is -3.98. The highest BCUT2D eigenvalue weighted by Gasteiger charge is 2.20. The Kier molecular flexibility index (Phi) is 11.7. The van der Waals surface area contributed by atoms with Crippen LogP contribution < -0.4 is 16.0 Å². The van der Waals surface area contributed by atoms with Crippen molar-refractivity contribution in [3.05, 3.63) is 83.9 Å². The fourth-order valence-corrected chi connectivity index (χ4v) is 4.36. The molecule has 7 nitrogen and oxygen atoms in total. The first kappa shape index (κ1) is 33.5. The van der Waals surface area contributed by atoms with Crippen molar-refractivity contribution < 1.29 is 27.8 Å². The molecule has 0 aliphatic rings. The van der Waals surface area contributed by atoms with Gasteiger partial charge in [0.1, 0.15) is 22.8 Å². The van der Waals surface area contributed by atoms with Crippen LogP contribution in [0, 0.1) is 11.6 Å².